The molecule has 2 rings (SSSR count). The molecular weight excluding hydrogens is 190 g/mol. The number of imidazole rings is 1. The summed E-state index contributed by atoms with van der Waals surface area (Å²) in [6, 6.07) is 2.07. The monoisotopic (exact) mass is 205 g/mol. The third-order valence-electron chi connectivity index (χ3n) is 2.37. The van der Waals surface area contributed by atoms with Gasteiger partial charge < -0.3 is 10.3 Å². The van der Waals surface area contributed by atoms with Gasteiger partial charge in [0.1, 0.15) is 0 Å². The predicted molar refractivity (Wildman–Crippen MR) is 58.4 cm³/mol. The van der Waals surface area contributed by atoms with Crippen LogP contribution in [-0.4, -0.2) is 19.3 Å². The van der Waals surface area contributed by atoms with Crippen LogP contribution in [0.15, 0.2) is 18.5 Å². The minimum absolute atomic E-state index is 0.538. The van der Waals surface area contributed by atoms with Crippen molar-refractivity contribution in [1.29, 1.82) is 0 Å². The van der Waals surface area contributed by atoms with E-state index in [0.29, 0.717) is 5.95 Å². The van der Waals surface area contributed by atoms with Crippen LogP contribution in [0.25, 0.3) is 0 Å². The molecule has 5 nitrogen and oxygen atoms in total. The molecule has 0 saturated heterocycles. The number of nitrogens with zero attached hydrogens (tertiary/aromatic N) is 4. The van der Waals surface area contributed by atoms with Gasteiger partial charge in [-0.25, -0.2) is 4.98 Å². The number of aryl methyl sites for hydroxylation is 2. The Balaban J connectivity index is 2.27. The van der Waals surface area contributed by atoms with Gasteiger partial charge in [-0.3, -0.25) is 4.68 Å². The molecule has 0 radical (unpaired) electrons. The molecule has 0 unspecified atom stereocenters. The summed E-state index contributed by atoms with van der Waals surface area (Å²) in [6.45, 7) is 5.67. The molecule has 2 N–H and O–H groups in total. The van der Waals surface area contributed by atoms with Crippen molar-refractivity contribution in [3.05, 3.63) is 29.8 Å². The van der Waals surface area contributed by atoms with Gasteiger partial charge in [0.2, 0.25) is 0 Å². The van der Waals surface area contributed by atoms with Gasteiger partial charge in [0.05, 0.1) is 17.9 Å². The van der Waals surface area contributed by atoms with E-state index in [-0.39, 0.29) is 0 Å². The Morgan fingerprint density at radius 2 is 2.27 bits per heavy atom. The topological polar surface area (TPSA) is 61.7 Å². The second kappa shape index (κ2) is 3.76. The molecule has 0 bridgehead atoms. The van der Waals surface area contributed by atoms with Crippen LogP contribution in [0.5, 0.6) is 0 Å². The Labute approximate surface area is 88.5 Å². The molecule has 80 valence electrons. The Kier molecular flexibility index (Phi) is 2.45. The van der Waals surface area contributed by atoms with E-state index < -0.39 is 0 Å². The van der Waals surface area contributed by atoms with Gasteiger partial charge in [0, 0.05) is 18.9 Å². The van der Waals surface area contributed by atoms with Crippen LogP contribution in [0.2, 0.25) is 0 Å². The second-order valence-electron chi connectivity index (χ2n) is 3.51. The first kappa shape index (κ1) is 9.76. The minimum atomic E-state index is 0.538. The first-order valence-corrected chi connectivity index (χ1v) is 5.00. The zero-order valence-corrected chi connectivity index (χ0v) is 9.01. The maximum absolute atomic E-state index is 5.71. The summed E-state index contributed by atoms with van der Waals surface area (Å²) in [4.78, 5) is 3.99. The van der Waals surface area contributed by atoms with Gasteiger partial charge in [0.25, 0.3) is 0 Å². The van der Waals surface area contributed by atoms with Crippen LogP contribution in [0.4, 0.5) is 5.95 Å². The maximum Gasteiger partial charge on any atom is 0.200 e. The molecular formula is C10H15N5. The van der Waals surface area contributed by atoms with Crippen LogP contribution in [0, 0.1) is 6.92 Å². The van der Waals surface area contributed by atoms with E-state index in [4.69, 9.17) is 5.73 Å². The summed E-state index contributed by atoms with van der Waals surface area (Å²) in [5.41, 5.74) is 7.89. The Hall–Kier alpha value is -1.78. The third kappa shape index (κ3) is 1.86. The van der Waals surface area contributed by atoms with E-state index in [1.165, 1.54) is 0 Å². The average molecular weight is 205 g/mol. The number of nitrogen functional groups attached to an aromatic ring is 1. The summed E-state index contributed by atoms with van der Waals surface area (Å²) >= 11 is 0. The number of hydrogen-bond donors (Lipinski definition) is 1. The minimum Gasteiger partial charge on any atom is -0.369 e. The molecule has 0 fully saturated rings. The van der Waals surface area contributed by atoms with Gasteiger partial charge in [-0.2, -0.15) is 5.10 Å². The molecule has 0 atom stereocenters. The molecule has 0 aliphatic heterocycles. The first-order chi connectivity index (χ1) is 7.20. The standard InChI is InChI=1S/C10H15N5/c1-3-15-9(6-8(2)13-15)7-14-5-4-12-10(14)11/h4-6H,3,7H2,1-2H3,(H2,11,12). The highest BCUT2D eigenvalue weighted by atomic mass is 15.3. The second-order valence-corrected chi connectivity index (χ2v) is 3.51. The number of aromatic nitrogens is 4. The molecule has 2 heterocycles. The molecule has 2 aromatic heterocycles. The van der Waals surface area contributed by atoms with Crippen molar-refractivity contribution < 1.29 is 0 Å². The molecule has 0 aromatic carbocycles. The van der Waals surface area contributed by atoms with Crippen LogP contribution >= 0.6 is 0 Å². The van der Waals surface area contributed by atoms with Crippen LogP contribution in [0.3, 0.4) is 0 Å². The van der Waals surface area contributed by atoms with E-state index in [1.807, 2.05) is 22.4 Å². The average Bonchev–Trinajstić information content (AvgIpc) is 2.75. The van der Waals surface area contributed by atoms with Crippen molar-refractivity contribution in [2.24, 2.45) is 0 Å². The highest BCUT2D eigenvalue weighted by Gasteiger charge is 2.06. The molecule has 0 aliphatic rings. The molecule has 0 saturated carbocycles. The first-order valence-electron chi connectivity index (χ1n) is 5.00. The SMILES string of the molecule is CCn1nc(C)cc1Cn1ccnc1N. The zero-order valence-electron chi connectivity index (χ0n) is 9.01. The lowest BCUT2D eigenvalue weighted by Gasteiger charge is -2.06. The van der Waals surface area contributed by atoms with E-state index >= 15 is 0 Å². The highest BCUT2D eigenvalue weighted by molar-refractivity contribution is 5.19. The van der Waals surface area contributed by atoms with Crippen molar-refractivity contribution in [2.45, 2.75) is 26.9 Å². The fourth-order valence-electron chi connectivity index (χ4n) is 1.65. The number of rotatable bonds is 3. The number of nitrogens with two attached hydrogens (primary N) is 1. The Morgan fingerprint density at radius 1 is 1.47 bits per heavy atom. The lowest BCUT2D eigenvalue weighted by atomic mass is 10.3. The van der Waals surface area contributed by atoms with Crippen molar-refractivity contribution in [3.8, 4) is 0 Å². The quantitative estimate of drug-likeness (QED) is 0.814. The molecule has 0 aliphatic carbocycles. The van der Waals surface area contributed by atoms with Crippen molar-refractivity contribution in [2.75, 3.05) is 5.73 Å². The lowest BCUT2D eigenvalue weighted by molar-refractivity contribution is 0.599. The van der Waals surface area contributed by atoms with Gasteiger partial charge in [-0.1, -0.05) is 0 Å². The Morgan fingerprint density at radius 3 is 2.87 bits per heavy atom. The largest absolute Gasteiger partial charge is 0.369 e. The predicted octanol–water partition coefficient (Wildman–Crippen LogP) is 1.04. The van der Waals surface area contributed by atoms with E-state index in [1.54, 1.807) is 6.20 Å². The molecule has 2 aromatic rings. The van der Waals surface area contributed by atoms with E-state index in [9.17, 15) is 0 Å². The number of hydrogen-bond acceptors (Lipinski definition) is 3. The normalized spacial score (nSPS) is 10.8. The molecule has 15 heavy (non-hydrogen) atoms. The summed E-state index contributed by atoms with van der Waals surface area (Å²) < 4.78 is 3.89. The van der Waals surface area contributed by atoms with Gasteiger partial charge in [0.15, 0.2) is 5.95 Å². The van der Waals surface area contributed by atoms with Gasteiger partial charge in [-0.05, 0) is 19.9 Å². The molecule has 0 amide bonds. The van der Waals surface area contributed by atoms with Crippen molar-refractivity contribution >= 4 is 5.95 Å². The summed E-state index contributed by atoms with van der Waals surface area (Å²) in [7, 11) is 0. The summed E-state index contributed by atoms with van der Waals surface area (Å²) in [5.74, 6) is 0.538. The fourth-order valence-corrected chi connectivity index (χ4v) is 1.65. The summed E-state index contributed by atoms with van der Waals surface area (Å²) in [6.07, 6.45) is 3.58. The van der Waals surface area contributed by atoms with Gasteiger partial charge in [-0.15, -0.1) is 0 Å². The van der Waals surface area contributed by atoms with Crippen molar-refractivity contribution in [1.82, 2.24) is 19.3 Å². The third-order valence-corrected chi connectivity index (χ3v) is 2.37. The van der Waals surface area contributed by atoms with Crippen LogP contribution in [0.1, 0.15) is 18.3 Å². The van der Waals surface area contributed by atoms with Gasteiger partial charge >= 0.3 is 0 Å². The zero-order chi connectivity index (χ0) is 10.8. The van der Waals surface area contributed by atoms with Crippen LogP contribution in [-0.2, 0) is 13.1 Å². The molecule has 5 heteroatoms. The lowest BCUT2D eigenvalue weighted by Crippen LogP contribution is -2.09. The smallest absolute Gasteiger partial charge is 0.200 e. The van der Waals surface area contributed by atoms with Crippen molar-refractivity contribution in [3.63, 3.8) is 0 Å². The highest BCUT2D eigenvalue weighted by Crippen LogP contribution is 2.08. The summed E-state index contributed by atoms with van der Waals surface area (Å²) in [5, 5.41) is 4.38. The van der Waals surface area contributed by atoms with E-state index in [2.05, 4.69) is 23.1 Å². The Bertz CT molecular complexity index is 454. The fraction of sp³-hybridized carbons (Fsp3) is 0.400. The van der Waals surface area contributed by atoms with Crippen LogP contribution < -0.4 is 5.73 Å². The maximum atomic E-state index is 5.71. The van der Waals surface area contributed by atoms with E-state index in [0.717, 1.165) is 24.5 Å². The number of anilines is 1. The molecule has 0 spiro atoms.